The van der Waals surface area contributed by atoms with E-state index >= 15 is 0 Å². The van der Waals surface area contributed by atoms with E-state index in [1.54, 1.807) is 4.90 Å². The van der Waals surface area contributed by atoms with E-state index < -0.39 is 6.23 Å². The van der Waals surface area contributed by atoms with E-state index in [0.717, 1.165) is 30.0 Å². The highest BCUT2D eigenvalue weighted by molar-refractivity contribution is 6.01. The minimum absolute atomic E-state index is 0.0896. The lowest BCUT2D eigenvalue weighted by Gasteiger charge is -2.37. The van der Waals surface area contributed by atoms with E-state index in [2.05, 4.69) is 48.4 Å². The first-order valence-corrected chi connectivity index (χ1v) is 11.0. The zero-order chi connectivity index (χ0) is 22.0. The second-order valence-electron chi connectivity index (χ2n) is 8.36. The molecule has 166 valence electrons. The third kappa shape index (κ3) is 4.62. The zero-order valence-electron chi connectivity index (χ0n) is 18.7. The first kappa shape index (κ1) is 21.5. The summed E-state index contributed by atoms with van der Waals surface area (Å²) in [6.07, 6.45) is -0.350. The number of carbonyl (C=O) groups excluding carboxylic acids is 1. The second kappa shape index (κ2) is 9.16. The molecule has 3 unspecified atom stereocenters. The van der Waals surface area contributed by atoms with Crippen molar-refractivity contribution in [3.63, 3.8) is 0 Å². The lowest BCUT2D eigenvalue weighted by atomic mass is 10.1. The molecule has 0 spiro atoms. The number of para-hydroxylation sites is 2. The van der Waals surface area contributed by atoms with Gasteiger partial charge in [-0.1, -0.05) is 12.1 Å². The molecular formula is C24H32N4O3. The molecule has 1 amide bonds. The summed E-state index contributed by atoms with van der Waals surface area (Å²) in [6.45, 7) is 9.30. The number of aryl methyl sites for hydroxylation is 1. The summed E-state index contributed by atoms with van der Waals surface area (Å²) in [4.78, 5) is 17.3. The van der Waals surface area contributed by atoms with Crippen molar-refractivity contribution in [1.82, 2.24) is 5.32 Å². The maximum absolute atomic E-state index is 13.2. The molecule has 7 nitrogen and oxygen atoms in total. The van der Waals surface area contributed by atoms with Gasteiger partial charge in [-0.25, -0.2) is 0 Å². The maximum Gasteiger partial charge on any atom is 0.289 e. The number of benzene rings is 2. The van der Waals surface area contributed by atoms with Crippen LogP contribution in [0.4, 0.5) is 17.1 Å². The normalized spacial score (nSPS) is 23.4. The second-order valence-corrected chi connectivity index (χ2v) is 8.36. The first-order valence-electron chi connectivity index (χ1n) is 11.0. The van der Waals surface area contributed by atoms with Gasteiger partial charge in [-0.15, -0.1) is 0 Å². The van der Waals surface area contributed by atoms with Crippen molar-refractivity contribution < 1.29 is 14.3 Å². The van der Waals surface area contributed by atoms with Crippen LogP contribution in [0, 0.1) is 6.92 Å². The van der Waals surface area contributed by atoms with Crippen molar-refractivity contribution in [2.45, 2.75) is 39.2 Å². The summed E-state index contributed by atoms with van der Waals surface area (Å²) >= 11 is 0. The predicted molar refractivity (Wildman–Crippen MR) is 124 cm³/mol. The highest BCUT2D eigenvalue weighted by atomic mass is 16.5. The number of hydrogen-bond acceptors (Lipinski definition) is 6. The van der Waals surface area contributed by atoms with Crippen LogP contribution in [0.5, 0.6) is 5.75 Å². The average Bonchev–Trinajstić information content (AvgIpc) is 2.74. The third-order valence-electron chi connectivity index (χ3n) is 5.76. The molecule has 4 rings (SSSR count). The van der Waals surface area contributed by atoms with Gasteiger partial charge in [-0.2, -0.15) is 0 Å². The van der Waals surface area contributed by atoms with E-state index in [9.17, 15) is 4.79 Å². The van der Waals surface area contributed by atoms with Gasteiger partial charge in [-0.3, -0.25) is 4.79 Å². The fraction of sp³-hybridized carbons (Fsp3) is 0.458. The van der Waals surface area contributed by atoms with Crippen LogP contribution in [-0.2, 0) is 9.53 Å². The lowest BCUT2D eigenvalue weighted by molar-refractivity contribution is -0.125. The Kier molecular flexibility index (Phi) is 6.34. The number of amides is 1. The molecule has 3 atom stereocenters. The van der Waals surface area contributed by atoms with Crippen LogP contribution < -0.4 is 25.2 Å². The van der Waals surface area contributed by atoms with Crippen LogP contribution in [0.1, 0.15) is 19.4 Å². The number of ether oxygens (including phenoxy) is 2. The molecular weight excluding hydrogens is 392 g/mol. The van der Waals surface area contributed by atoms with Crippen LogP contribution in [0.3, 0.4) is 0 Å². The SMILES string of the molecule is CNCCN1C(=O)C(Nc2ccc(N3CC(C)OC(C)C3)cc2C)Oc2ccccc21. The largest absolute Gasteiger partial charge is 0.459 e. The van der Waals surface area contributed by atoms with E-state index in [0.29, 0.717) is 18.8 Å². The van der Waals surface area contributed by atoms with Crippen LogP contribution >= 0.6 is 0 Å². The number of anilines is 3. The van der Waals surface area contributed by atoms with Crippen LogP contribution in [0.25, 0.3) is 0 Å². The Balaban J connectivity index is 1.53. The van der Waals surface area contributed by atoms with E-state index in [1.165, 1.54) is 5.69 Å². The number of morpholine rings is 1. The van der Waals surface area contributed by atoms with Crippen molar-refractivity contribution in [2.75, 3.05) is 48.3 Å². The summed E-state index contributed by atoms with van der Waals surface area (Å²) in [5.41, 5.74) is 3.94. The number of carbonyl (C=O) groups is 1. The fourth-order valence-electron chi connectivity index (χ4n) is 4.30. The molecule has 7 heteroatoms. The highest BCUT2D eigenvalue weighted by Crippen LogP contribution is 2.34. The number of likely N-dealkylation sites (N-methyl/N-ethyl adjacent to an activating group) is 1. The maximum atomic E-state index is 13.2. The predicted octanol–water partition coefficient (Wildman–Crippen LogP) is 2.99. The van der Waals surface area contributed by atoms with Crippen LogP contribution in [0.2, 0.25) is 0 Å². The number of fused-ring (bicyclic) bond motifs is 1. The molecule has 2 N–H and O–H groups in total. The van der Waals surface area contributed by atoms with E-state index in [1.807, 2.05) is 37.4 Å². The summed E-state index contributed by atoms with van der Waals surface area (Å²) in [6, 6.07) is 14.0. The Morgan fingerprint density at radius 3 is 2.55 bits per heavy atom. The molecule has 1 fully saturated rings. The summed E-state index contributed by atoms with van der Waals surface area (Å²) in [7, 11) is 1.88. The van der Waals surface area contributed by atoms with Crippen molar-refractivity contribution in [1.29, 1.82) is 0 Å². The summed E-state index contributed by atoms with van der Waals surface area (Å²) in [5, 5.41) is 6.43. The summed E-state index contributed by atoms with van der Waals surface area (Å²) < 4.78 is 11.9. The first-order chi connectivity index (χ1) is 15.0. The number of nitrogens with zero attached hydrogens (tertiary/aromatic N) is 2. The Bertz CT molecular complexity index is 925. The quantitative estimate of drug-likeness (QED) is 0.743. The fourth-order valence-corrected chi connectivity index (χ4v) is 4.30. The number of hydrogen-bond donors (Lipinski definition) is 2. The Hall–Kier alpha value is -2.77. The minimum atomic E-state index is -0.764. The standard InChI is InChI=1S/C24H32N4O3/c1-16-13-19(27-14-17(2)30-18(3)15-27)9-10-20(16)26-23-24(29)28(12-11-25-4)21-7-5-6-8-22(21)31-23/h5-10,13,17-18,23,25-26H,11-12,14-15H2,1-4H3. The topological polar surface area (TPSA) is 66.1 Å². The van der Waals surface area contributed by atoms with Gasteiger partial charge in [0, 0.05) is 37.6 Å². The van der Waals surface area contributed by atoms with Gasteiger partial charge in [-0.05, 0) is 63.7 Å². The van der Waals surface area contributed by atoms with Gasteiger partial charge in [0.25, 0.3) is 5.91 Å². The van der Waals surface area contributed by atoms with Gasteiger partial charge in [0.05, 0.1) is 17.9 Å². The van der Waals surface area contributed by atoms with Gasteiger partial charge in [0.2, 0.25) is 6.23 Å². The minimum Gasteiger partial charge on any atom is -0.459 e. The van der Waals surface area contributed by atoms with Crippen molar-refractivity contribution >= 4 is 23.0 Å². The Morgan fingerprint density at radius 2 is 1.84 bits per heavy atom. The lowest BCUT2D eigenvalue weighted by Crippen LogP contribution is -2.51. The third-order valence-corrected chi connectivity index (χ3v) is 5.76. The van der Waals surface area contributed by atoms with Crippen molar-refractivity contribution in [3.05, 3.63) is 48.0 Å². The molecule has 31 heavy (non-hydrogen) atoms. The Morgan fingerprint density at radius 1 is 1.10 bits per heavy atom. The van der Waals surface area contributed by atoms with Crippen molar-refractivity contribution in [2.24, 2.45) is 0 Å². The number of nitrogens with one attached hydrogen (secondary N) is 2. The van der Waals surface area contributed by atoms with Crippen molar-refractivity contribution in [3.8, 4) is 5.75 Å². The molecule has 0 bridgehead atoms. The molecule has 2 aliphatic heterocycles. The zero-order valence-corrected chi connectivity index (χ0v) is 18.7. The molecule has 2 heterocycles. The summed E-state index contributed by atoms with van der Waals surface area (Å²) in [5.74, 6) is 0.620. The van der Waals surface area contributed by atoms with Crippen LogP contribution in [0.15, 0.2) is 42.5 Å². The molecule has 0 aromatic heterocycles. The monoisotopic (exact) mass is 424 g/mol. The molecule has 0 aliphatic carbocycles. The van der Waals surface area contributed by atoms with Gasteiger partial charge in [0.15, 0.2) is 0 Å². The number of rotatable bonds is 6. The molecule has 0 radical (unpaired) electrons. The molecule has 1 saturated heterocycles. The van der Waals surface area contributed by atoms with Gasteiger partial charge in [0.1, 0.15) is 5.75 Å². The smallest absolute Gasteiger partial charge is 0.289 e. The van der Waals surface area contributed by atoms with Crippen LogP contribution in [-0.4, -0.2) is 57.6 Å². The average molecular weight is 425 g/mol. The molecule has 2 aliphatic rings. The van der Waals surface area contributed by atoms with Gasteiger partial charge >= 0.3 is 0 Å². The van der Waals surface area contributed by atoms with E-state index in [-0.39, 0.29) is 18.1 Å². The highest BCUT2D eigenvalue weighted by Gasteiger charge is 2.34. The Labute approximate surface area is 184 Å². The van der Waals surface area contributed by atoms with E-state index in [4.69, 9.17) is 9.47 Å². The van der Waals surface area contributed by atoms with Gasteiger partial charge < -0.3 is 29.9 Å². The molecule has 0 saturated carbocycles. The molecule has 2 aromatic carbocycles. The molecule has 2 aromatic rings.